The van der Waals surface area contributed by atoms with Gasteiger partial charge in [0, 0.05) is 5.56 Å². The third kappa shape index (κ3) is 3.35. The Morgan fingerprint density at radius 3 is 1.79 bits per heavy atom. The van der Waals surface area contributed by atoms with Crippen LogP contribution >= 0.6 is 0 Å². The highest BCUT2D eigenvalue weighted by Crippen LogP contribution is 2.36. The first-order chi connectivity index (χ1) is 11.4. The fraction of sp³-hybridized carbons (Fsp3) is 0.211. The van der Waals surface area contributed by atoms with Crippen LogP contribution in [0.1, 0.15) is 51.8 Å². The molecule has 24 heavy (non-hydrogen) atoms. The van der Waals surface area contributed by atoms with Gasteiger partial charge in [0.2, 0.25) is 0 Å². The first-order valence-electron chi connectivity index (χ1n) is 7.37. The summed E-state index contributed by atoms with van der Waals surface area (Å²) in [6.07, 6.45) is 0. The summed E-state index contributed by atoms with van der Waals surface area (Å²) in [6, 6.07) is 9.75. The zero-order valence-electron chi connectivity index (χ0n) is 14.0. The van der Waals surface area contributed by atoms with Crippen LogP contribution in [0.15, 0.2) is 36.4 Å². The number of carbonyl (C=O) groups excluding carboxylic acids is 3. The second kappa shape index (κ2) is 7.08. The third-order valence-corrected chi connectivity index (χ3v) is 3.54. The van der Waals surface area contributed by atoms with Gasteiger partial charge in [-0.05, 0) is 39.0 Å². The lowest BCUT2D eigenvalue weighted by Gasteiger charge is -2.15. The zero-order chi connectivity index (χ0) is 17.9. The second-order valence-electron chi connectivity index (χ2n) is 5.29. The van der Waals surface area contributed by atoms with Crippen molar-refractivity contribution in [3.8, 4) is 17.2 Å². The molecule has 0 aliphatic heterocycles. The SMILES string of the molecule is COc1c(Oc2cccc(C(C)=O)c2C(C)=O)cccc1C(C)=O. The van der Waals surface area contributed by atoms with Gasteiger partial charge in [-0.1, -0.05) is 18.2 Å². The van der Waals surface area contributed by atoms with Gasteiger partial charge in [-0.3, -0.25) is 14.4 Å². The average Bonchev–Trinajstić information content (AvgIpc) is 2.53. The molecule has 0 amide bonds. The molecule has 0 N–H and O–H groups in total. The summed E-state index contributed by atoms with van der Waals surface area (Å²) in [5, 5.41) is 0. The van der Waals surface area contributed by atoms with E-state index in [1.165, 1.54) is 27.9 Å². The maximum absolute atomic E-state index is 12.0. The van der Waals surface area contributed by atoms with Gasteiger partial charge in [0.05, 0.1) is 18.2 Å². The molecule has 2 aromatic rings. The predicted octanol–water partition coefficient (Wildman–Crippen LogP) is 4.10. The molecule has 0 aliphatic carbocycles. The number of Topliss-reactive ketones (excluding diaryl/α,β-unsaturated/α-hetero) is 3. The summed E-state index contributed by atoms with van der Waals surface area (Å²) in [4.78, 5) is 35.5. The Morgan fingerprint density at radius 1 is 0.750 bits per heavy atom. The maximum atomic E-state index is 12.0. The van der Waals surface area contributed by atoms with Gasteiger partial charge in [0.25, 0.3) is 0 Å². The molecule has 0 aromatic heterocycles. The Morgan fingerprint density at radius 2 is 1.29 bits per heavy atom. The number of ketones is 3. The minimum atomic E-state index is -0.280. The van der Waals surface area contributed by atoms with E-state index in [9.17, 15) is 14.4 Å². The van der Waals surface area contributed by atoms with E-state index in [0.717, 1.165) is 0 Å². The highest BCUT2D eigenvalue weighted by Gasteiger charge is 2.20. The van der Waals surface area contributed by atoms with E-state index >= 15 is 0 Å². The Hall–Kier alpha value is -2.95. The summed E-state index contributed by atoms with van der Waals surface area (Å²) >= 11 is 0. The summed E-state index contributed by atoms with van der Waals surface area (Å²) in [5.74, 6) is 0.157. The van der Waals surface area contributed by atoms with Gasteiger partial charge in [-0.15, -0.1) is 0 Å². The molecule has 0 radical (unpaired) electrons. The van der Waals surface area contributed by atoms with Crippen molar-refractivity contribution >= 4 is 17.3 Å². The summed E-state index contributed by atoms with van der Waals surface area (Å²) in [6.45, 7) is 4.19. The first-order valence-corrected chi connectivity index (χ1v) is 7.37. The molecule has 5 heteroatoms. The van der Waals surface area contributed by atoms with Crippen LogP contribution in [0.5, 0.6) is 17.2 Å². The fourth-order valence-electron chi connectivity index (χ4n) is 2.48. The van der Waals surface area contributed by atoms with Gasteiger partial charge in [-0.2, -0.15) is 0 Å². The predicted molar refractivity (Wildman–Crippen MR) is 89.5 cm³/mol. The number of para-hydroxylation sites is 1. The Balaban J connectivity index is 2.59. The highest BCUT2D eigenvalue weighted by atomic mass is 16.5. The number of carbonyl (C=O) groups is 3. The fourth-order valence-corrected chi connectivity index (χ4v) is 2.48. The van der Waals surface area contributed by atoms with Gasteiger partial charge < -0.3 is 9.47 Å². The maximum Gasteiger partial charge on any atom is 0.172 e. The molecule has 0 heterocycles. The normalized spacial score (nSPS) is 10.2. The zero-order valence-corrected chi connectivity index (χ0v) is 14.0. The van der Waals surface area contributed by atoms with Crippen molar-refractivity contribution in [2.45, 2.75) is 20.8 Å². The summed E-state index contributed by atoms with van der Waals surface area (Å²) < 4.78 is 11.1. The molecule has 2 rings (SSSR count). The molecule has 0 saturated heterocycles. The Kier molecular flexibility index (Phi) is 5.14. The number of methoxy groups -OCH3 is 1. The van der Waals surface area contributed by atoms with Crippen molar-refractivity contribution in [3.63, 3.8) is 0 Å². The number of rotatable bonds is 6. The lowest BCUT2D eigenvalue weighted by molar-refractivity contribution is 0.0978. The number of ether oxygens (including phenoxy) is 2. The van der Waals surface area contributed by atoms with Crippen LogP contribution in [0.2, 0.25) is 0 Å². The summed E-state index contributed by atoms with van der Waals surface area (Å²) in [7, 11) is 1.44. The van der Waals surface area contributed by atoms with Gasteiger partial charge in [0.1, 0.15) is 5.75 Å². The first kappa shape index (κ1) is 17.4. The van der Waals surface area contributed by atoms with Gasteiger partial charge in [-0.25, -0.2) is 0 Å². The van der Waals surface area contributed by atoms with Crippen molar-refractivity contribution in [2.75, 3.05) is 7.11 Å². The largest absolute Gasteiger partial charge is 0.492 e. The quantitative estimate of drug-likeness (QED) is 0.748. The Bertz CT molecular complexity index is 821. The number of hydrogen-bond acceptors (Lipinski definition) is 5. The lowest BCUT2D eigenvalue weighted by Crippen LogP contribution is -2.07. The van der Waals surface area contributed by atoms with E-state index < -0.39 is 0 Å². The molecule has 0 unspecified atom stereocenters. The van der Waals surface area contributed by atoms with E-state index in [4.69, 9.17) is 9.47 Å². The average molecular weight is 326 g/mol. The van der Waals surface area contributed by atoms with Crippen molar-refractivity contribution in [3.05, 3.63) is 53.1 Å². The molecule has 0 fully saturated rings. The van der Waals surface area contributed by atoms with Crippen LogP contribution in [0, 0.1) is 0 Å². The standard InChI is InChI=1S/C19H18O5/c1-11(20)14-7-5-9-16(18(14)13(3)22)24-17-10-6-8-15(12(2)21)19(17)23-4/h5-10H,1-4H3. The van der Waals surface area contributed by atoms with Crippen molar-refractivity contribution in [1.29, 1.82) is 0 Å². The highest BCUT2D eigenvalue weighted by molar-refractivity contribution is 6.09. The van der Waals surface area contributed by atoms with Crippen LogP contribution in [0.3, 0.4) is 0 Å². The van der Waals surface area contributed by atoms with Crippen LogP contribution in [-0.4, -0.2) is 24.5 Å². The molecular weight excluding hydrogens is 308 g/mol. The van der Waals surface area contributed by atoms with Crippen molar-refractivity contribution < 1.29 is 23.9 Å². The molecule has 0 spiro atoms. The van der Waals surface area contributed by atoms with Crippen LogP contribution in [0.4, 0.5) is 0 Å². The molecule has 0 bridgehead atoms. The summed E-state index contributed by atoms with van der Waals surface area (Å²) in [5.41, 5.74) is 0.879. The van der Waals surface area contributed by atoms with Crippen LogP contribution in [0.25, 0.3) is 0 Å². The van der Waals surface area contributed by atoms with Crippen LogP contribution < -0.4 is 9.47 Å². The third-order valence-electron chi connectivity index (χ3n) is 3.54. The number of benzene rings is 2. The monoisotopic (exact) mass is 326 g/mol. The molecule has 124 valence electrons. The lowest BCUT2D eigenvalue weighted by atomic mass is 10.0. The van der Waals surface area contributed by atoms with Gasteiger partial charge in [0.15, 0.2) is 28.8 Å². The van der Waals surface area contributed by atoms with E-state index in [1.807, 2.05) is 0 Å². The van der Waals surface area contributed by atoms with Crippen LogP contribution in [-0.2, 0) is 0 Å². The Labute approximate surface area is 140 Å². The van der Waals surface area contributed by atoms with E-state index in [1.54, 1.807) is 36.4 Å². The van der Waals surface area contributed by atoms with E-state index in [2.05, 4.69) is 0 Å². The minimum absolute atomic E-state index is 0.165. The van der Waals surface area contributed by atoms with Crippen molar-refractivity contribution in [2.24, 2.45) is 0 Å². The van der Waals surface area contributed by atoms with Gasteiger partial charge >= 0.3 is 0 Å². The second-order valence-corrected chi connectivity index (χ2v) is 5.29. The number of hydrogen-bond donors (Lipinski definition) is 0. The minimum Gasteiger partial charge on any atom is -0.492 e. The van der Waals surface area contributed by atoms with E-state index in [0.29, 0.717) is 16.9 Å². The molecular formula is C19H18O5. The molecule has 0 saturated carbocycles. The molecule has 2 aromatic carbocycles. The van der Waals surface area contributed by atoms with E-state index in [-0.39, 0.29) is 34.4 Å². The molecule has 0 aliphatic rings. The topological polar surface area (TPSA) is 69.7 Å². The van der Waals surface area contributed by atoms with Crippen molar-refractivity contribution in [1.82, 2.24) is 0 Å². The molecule has 0 atom stereocenters. The smallest absolute Gasteiger partial charge is 0.172 e. The molecule has 5 nitrogen and oxygen atoms in total.